The van der Waals surface area contributed by atoms with E-state index in [2.05, 4.69) is 14.6 Å². The van der Waals surface area contributed by atoms with Crippen LogP contribution in [-0.4, -0.2) is 122 Å². The van der Waals surface area contributed by atoms with E-state index in [9.17, 15) is 79.8 Å². The van der Waals surface area contributed by atoms with Crippen molar-refractivity contribution in [1.29, 1.82) is 0 Å². The predicted octanol–water partition coefficient (Wildman–Crippen LogP) is -0.598. The van der Waals surface area contributed by atoms with Crippen LogP contribution in [-0.2, 0) is 28.8 Å². The van der Waals surface area contributed by atoms with Crippen molar-refractivity contribution in [1.82, 2.24) is 0 Å². The lowest BCUT2D eigenvalue weighted by molar-refractivity contribution is -0.163. The molecule has 66 heavy (non-hydrogen) atoms. The number of aromatic hydroxyl groups is 2. The second kappa shape index (κ2) is 14.6. The summed E-state index contributed by atoms with van der Waals surface area (Å²) in [5.74, 6) is -23.5. The zero-order chi connectivity index (χ0) is 48.1. The maximum absolute atomic E-state index is 14.6. The molecule has 3 aromatic rings. The average molecular weight is 925 g/mol. The van der Waals surface area contributed by atoms with Crippen molar-refractivity contribution in [3.05, 3.63) is 122 Å². The van der Waals surface area contributed by atoms with Crippen molar-refractivity contribution < 1.29 is 79.8 Å². The number of primary amides is 1. The lowest BCUT2D eigenvalue weighted by Crippen LogP contribution is -2.70. The summed E-state index contributed by atoms with van der Waals surface area (Å²) >= 11 is 0. The van der Waals surface area contributed by atoms with E-state index in [1.807, 2.05) is 0 Å². The van der Waals surface area contributed by atoms with E-state index in [0.717, 1.165) is 11.6 Å². The SMILES string of the molecule is Cc1ccc([C@H]2c3ccc(NC(=O)C4=C(O)[C@@]5(O)C(=O)C6=C(O)c7c(O)cccc7[C@H](P)[C@H]6[C@H](O)[C@H]5[C@H](N)C4=O)c(O)c3C(O)=C3C(=O)[C@]4(O)C(O)=C(C(N)=O)C(=O)[C@@H](N)[C@@H]4[C@@H](O)[C@@H]32)cc1. The van der Waals surface area contributed by atoms with E-state index in [-0.39, 0.29) is 16.7 Å². The number of phenolic OH excluding ortho intramolecular Hbond substituents is 2. The van der Waals surface area contributed by atoms with Gasteiger partial charge < -0.3 is 73.6 Å². The van der Waals surface area contributed by atoms with Gasteiger partial charge in [-0.3, -0.25) is 28.8 Å². The summed E-state index contributed by atoms with van der Waals surface area (Å²) in [5, 5.41) is 119. The molecule has 0 radical (unpaired) electrons. The predicted molar refractivity (Wildman–Crippen MR) is 230 cm³/mol. The summed E-state index contributed by atoms with van der Waals surface area (Å²) in [5.41, 5.74) is 6.11. The summed E-state index contributed by atoms with van der Waals surface area (Å²) < 4.78 is 0. The normalized spacial score (nSPS) is 33.7. The minimum atomic E-state index is -3.33. The second-order valence-corrected chi connectivity index (χ2v) is 18.1. The molecule has 17 N–H and O–H groups in total. The van der Waals surface area contributed by atoms with E-state index < -0.39 is 174 Å². The van der Waals surface area contributed by atoms with Crippen molar-refractivity contribution >= 4 is 61.4 Å². The second-order valence-electron chi connectivity index (χ2n) is 17.4. The van der Waals surface area contributed by atoms with Gasteiger partial charge in [-0.1, -0.05) is 48.0 Å². The Labute approximate surface area is 373 Å². The molecule has 0 bridgehead atoms. The Bertz CT molecular complexity index is 2960. The Morgan fingerprint density at radius 2 is 1.20 bits per heavy atom. The highest BCUT2D eigenvalue weighted by atomic mass is 31.0. The number of fused-ring (bicyclic) bond motifs is 6. The molecule has 3 aromatic carbocycles. The molecule has 6 aliphatic rings. The van der Waals surface area contributed by atoms with Crippen LogP contribution in [0.25, 0.3) is 11.5 Å². The third-order valence-electron chi connectivity index (χ3n) is 14.2. The number of phenols is 2. The number of anilines is 1. The van der Waals surface area contributed by atoms with Gasteiger partial charge in [0, 0.05) is 34.6 Å². The third kappa shape index (κ3) is 5.45. The largest absolute Gasteiger partial charge is 0.508 e. The minimum Gasteiger partial charge on any atom is -0.508 e. The van der Waals surface area contributed by atoms with E-state index in [1.165, 1.54) is 24.3 Å². The van der Waals surface area contributed by atoms with Crippen LogP contribution in [0.1, 0.15) is 45.0 Å². The molecule has 0 spiro atoms. The number of aliphatic hydroxyl groups is 8. The highest BCUT2D eigenvalue weighted by Gasteiger charge is 2.69. The molecule has 0 heterocycles. The molecule has 1 unspecified atom stereocenters. The van der Waals surface area contributed by atoms with Gasteiger partial charge in [0.05, 0.1) is 52.9 Å². The van der Waals surface area contributed by atoms with Crippen LogP contribution < -0.4 is 22.5 Å². The molecule has 0 aromatic heterocycles. The summed E-state index contributed by atoms with van der Waals surface area (Å²) in [6, 6.07) is 8.93. The number of benzene rings is 3. The van der Waals surface area contributed by atoms with Crippen molar-refractivity contribution in [3.8, 4) is 11.5 Å². The molecule has 20 nitrogen and oxygen atoms in total. The summed E-state index contributed by atoms with van der Waals surface area (Å²) in [6.07, 6.45) is -3.98. The molecule has 21 heteroatoms. The monoisotopic (exact) mass is 924 g/mol. The standard InChI is InChI=1S/C45H41N4O16P/c1-11-5-7-12(8-6-11)17-13-9-10-15(30(51)19(13)32(53)22-20(17)33(54)26-28(46)35(56)24(42(48)62)40(60)44(26,64)38(22)58)49-43(63)25-36(57)29(47)27-34(55)21-23(39(59)45(27,65)41(25)61)31(52)18-14(37(21)66)3-2-4-16(18)50/h2-10,17,20-21,26-29,33-34,37,50-55,60-61,64-65H,46-47,66H2,1H3,(H2,48,62)(H,49,63)/t17-,20+,21+,26+,27+,28-,29-,33-,34-,37-,44-,45-/m0/s1. The number of nitrogens with one attached hydrogen (secondary N) is 1. The molecule has 2 saturated carbocycles. The molecular weight excluding hydrogens is 883 g/mol. The number of hydrogen-bond acceptors (Lipinski definition) is 18. The quantitative estimate of drug-likeness (QED) is 0.0882. The minimum absolute atomic E-state index is 0.0157. The van der Waals surface area contributed by atoms with E-state index >= 15 is 0 Å². The number of nitrogens with two attached hydrogens (primary N) is 3. The van der Waals surface area contributed by atoms with Gasteiger partial charge in [-0.15, -0.1) is 9.24 Å². The molecule has 0 saturated heterocycles. The summed E-state index contributed by atoms with van der Waals surface area (Å²) in [6.45, 7) is 1.76. The van der Waals surface area contributed by atoms with Gasteiger partial charge in [0.15, 0.2) is 22.8 Å². The molecule has 0 aliphatic heterocycles. The van der Waals surface area contributed by atoms with E-state index in [4.69, 9.17) is 17.2 Å². The Balaban J connectivity index is 1.17. The number of Topliss-reactive ketones (excluding diaryl/α,β-unsaturated/α-hetero) is 4. The first-order valence-electron chi connectivity index (χ1n) is 20.3. The third-order valence-corrected chi connectivity index (χ3v) is 15.0. The van der Waals surface area contributed by atoms with Gasteiger partial charge in [0.1, 0.15) is 45.7 Å². The van der Waals surface area contributed by atoms with Gasteiger partial charge in [0.2, 0.25) is 11.6 Å². The first-order chi connectivity index (χ1) is 31.0. The average Bonchev–Trinajstić information content (AvgIpc) is 3.26. The van der Waals surface area contributed by atoms with Gasteiger partial charge >= 0.3 is 0 Å². The fourth-order valence-corrected chi connectivity index (χ4v) is 11.8. The van der Waals surface area contributed by atoms with Gasteiger partial charge in [-0.25, -0.2) is 0 Å². The number of ketones is 4. The molecule has 6 aliphatic carbocycles. The zero-order valence-electron chi connectivity index (χ0n) is 34.2. The number of carbonyl (C=O) groups excluding carboxylic acids is 6. The van der Waals surface area contributed by atoms with Crippen molar-refractivity contribution in [2.75, 3.05) is 5.32 Å². The summed E-state index contributed by atoms with van der Waals surface area (Å²) in [4.78, 5) is 82.6. The highest BCUT2D eigenvalue weighted by molar-refractivity contribution is 7.17. The number of carbonyl (C=O) groups is 6. The van der Waals surface area contributed by atoms with E-state index in [0.29, 0.717) is 5.56 Å². The Morgan fingerprint density at radius 1 is 0.682 bits per heavy atom. The fourth-order valence-electron chi connectivity index (χ4n) is 11.1. The Kier molecular flexibility index (Phi) is 9.84. The smallest absolute Gasteiger partial charge is 0.263 e. The van der Waals surface area contributed by atoms with Gasteiger partial charge in [0.25, 0.3) is 11.8 Å². The zero-order valence-corrected chi connectivity index (χ0v) is 35.4. The topological polar surface area (TPSA) is 395 Å². The number of rotatable bonds is 4. The van der Waals surface area contributed by atoms with Crippen LogP contribution in [0, 0.1) is 30.6 Å². The molecule has 2 fully saturated rings. The number of aryl methyl sites for hydroxylation is 1. The maximum atomic E-state index is 14.6. The molecular formula is C45H41N4O16P. The number of amides is 2. The van der Waals surface area contributed by atoms with Crippen LogP contribution >= 0.6 is 9.24 Å². The van der Waals surface area contributed by atoms with Crippen LogP contribution in [0.3, 0.4) is 0 Å². The summed E-state index contributed by atoms with van der Waals surface area (Å²) in [7, 11) is 2.37. The molecule has 9 rings (SSSR count). The van der Waals surface area contributed by atoms with E-state index in [1.54, 1.807) is 31.2 Å². The molecule has 342 valence electrons. The van der Waals surface area contributed by atoms with Gasteiger partial charge in [-0.05, 0) is 35.7 Å². The van der Waals surface area contributed by atoms with Crippen LogP contribution in [0.4, 0.5) is 5.69 Å². The van der Waals surface area contributed by atoms with Crippen LogP contribution in [0.15, 0.2) is 88.4 Å². The van der Waals surface area contributed by atoms with Crippen LogP contribution in [0.2, 0.25) is 0 Å². The maximum Gasteiger partial charge on any atom is 0.263 e. The van der Waals surface area contributed by atoms with Crippen molar-refractivity contribution in [3.63, 3.8) is 0 Å². The van der Waals surface area contributed by atoms with Crippen molar-refractivity contribution in [2.45, 2.75) is 54.0 Å². The molecule has 2 amide bonds. The number of aliphatic hydroxyl groups excluding tert-OH is 6. The number of hydrogen-bond donors (Lipinski definition) is 14. The molecule has 13 atom stereocenters. The Morgan fingerprint density at radius 3 is 1.77 bits per heavy atom. The fraction of sp³-hybridized carbons (Fsp3) is 0.289. The van der Waals surface area contributed by atoms with Crippen molar-refractivity contribution in [2.24, 2.45) is 40.9 Å². The van der Waals surface area contributed by atoms with Gasteiger partial charge in [-0.2, -0.15) is 0 Å². The highest BCUT2D eigenvalue weighted by Crippen LogP contribution is 2.59. The lowest BCUT2D eigenvalue weighted by atomic mass is 9.53. The first kappa shape index (κ1) is 44.4. The Hall–Kier alpha value is -6.77. The lowest BCUT2D eigenvalue weighted by Gasteiger charge is -2.52. The van der Waals surface area contributed by atoms with Crippen LogP contribution in [0.5, 0.6) is 11.5 Å². The first-order valence-corrected chi connectivity index (χ1v) is 21.0.